The van der Waals surface area contributed by atoms with Crippen molar-refractivity contribution in [2.45, 2.75) is 39.5 Å². The molecule has 0 aliphatic carbocycles. The van der Waals surface area contributed by atoms with Crippen LogP contribution >= 0.6 is 0 Å². The Labute approximate surface area is 158 Å². The summed E-state index contributed by atoms with van der Waals surface area (Å²) in [6.07, 6.45) is 4.22. The van der Waals surface area contributed by atoms with E-state index in [0.29, 0.717) is 5.92 Å². The fourth-order valence-corrected chi connectivity index (χ4v) is 2.94. The van der Waals surface area contributed by atoms with E-state index in [1.54, 1.807) is 0 Å². The average molecular weight is 362 g/mol. The number of nitrogens with one attached hydrogen (secondary N) is 2. The maximum absolute atomic E-state index is 5.80. The lowest BCUT2D eigenvalue weighted by Gasteiger charge is -2.21. The van der Waals surface area contributed by atoms with Crippen LogP contribution in [0.5, 0.6) is 0 Å². The van der Waals surface area contributed by atoms with Gasteiger partial charge in [-0.1, -0.05) is 29.8 Å². The molecule has 0 aromatic heterocycles. The maximum atomic E-state index is 5.80. The molecule has 1 aliphatic rings. The predicted molar refractivity (Wildman–Crippen MR) is 108 cm³/mol. The topological polar surface area (TPSA) is 54.9 Å². The van der Waals surface area contributed by atoms with Gasteiger partial charge < -0.3 is 20.1 Å². The minimum Gasteiger partial charge on any atom is -0.381 e. The second-order valence-electron chi connectivity index (χ2n) is 6.91. The van der Waals surface area contributed by atoms with Gasteiger partial charge in [0.1, 0.15) is 0 Å². The van der Waals surface area contributed by atoms with Gasteiger partial charge in [-0.25, -0.2) is 0 Å². The number of ether oxygens (including phenoxy) is 2. The molecule has 0 amide bonds. The molecule has 5 nitrogen and oxygen atoms in total. The maximum Gasteiger partial charge on any atom is 0.191 e. The second-order valence-corrected chi connectivity index (χ2v) is 6.91. The first-order valence-electron chi connectivity index (χ1n) is 10.0. The van der Waals surface area contributed by atoms with E-state index in [-0.39, 0.29) is 0 Å². The first kappa shape index (κ1) is 20.7. The van der Waals surface area contributed by atoms with Gasteiger partial charge in [0.2, 0.25) is 0 Å². The summed E-state index contributed by atoms with van der Waals surface area (Å²) in [5.41, 5.74) is 2.65. The Morgan fingerprint density at radius 3 is 2.69 bits per heavy atom. The second kappa shape index (κ2) is 12.7. The zero-order valence-electron chi connectivity index (χ0n) is 16.4. The van der Waals surface area contributed by atoms with Gasteiger partial charge in [-0.15, -0.1) is 0 Å². The third-order valence-corrected chi connectivity index (χ3v) is 4.58. The quantitative estimate of drug-likeness (QED) is 0.382. The van der Waals surface area contributed by atoms with Crippen LogP contribution in [0.15, 0.2) is 29.3 Å². The van der Waals surface area contributed by atoms with Crippen LogP contribution in [-0.2, 0) is 15.9 Å². The molecule has 5 heteroatoms. The summed E-state index contributed by atoms with van der Waals surface area (Å²) in [6.45, 7) is 10.2. The Morgan fingerprint density at radius 1 is 1.19 bits per heavy atom. The molecule has 1 saturated heterocycles. The highest BCUT2D eigenvalue weighted by atomic mass is 16.5. The largest absolute Gasteiger partial charge is 0.381 e. The Morgan fingerprint density at radius 2 is 1.96 bits per heavy atom. The third kappa shape index (κ3) is 8.68. The van der Waals surface area contributed by atoms with Crippen LogP contribution in [0.25, 0.3) is 0 Å². The monoisotopic (exact) mass is 361 g/mol. The highest BCUT2D eigenvalue weighted by molar-refractivity contribution is 5.79. The van der Waals surface area contributed by atoms with Gasteiger partial charge in [0.15, 0.2) is 5.96 Å². The van der Waals surface area contributed by atoms with Crippen LogP contribution in [-0.4, -0.2) is 52.0 Å². The van der Waals surface area contributed by atoms with Crippen LogP contribution in [0.4, 0.5) is 0 Å². The smallest absolute Gasteiger partial charge is 0.191 e. The molecule has 26 heavy (non-hydrogen) atoms. The van der Waals surface area contributed by atoms with Crippen molar-refractivity contribution in [3.8, 4) is 0 Å². The molecular weight excluding hydrogens is 326 g/mol. The summed E-state index contributed by atoms with van der Waals surface area (Å²) >= 11 is 0. The summed E-state index contributed by atoms with van der Waals surface area (Å²) in [4.78, 5) is 4.64. The number of aliphatic imine (C=N–C) groups is 1. The lowest BCUT2D eigenvalue weighted by atomic mass is 10.0. The molecule has 1 heterocycles. The van der Waals surface area contributed by atoms with E-state index < -0.39 is 0 Å². The fourth-order valence-electron chi connectivity index (χ4n) is 2.94. The summed E-state index contributed by atoms with van der Waals surface area (Å²) in [5.74, 6) is 1.57. The molecule has 0 bridgehead atoms. The van der Waals surface area contributed by atoms with E-state index in [4.69, 9.17) is 9.47 Å². The number of nitrogens with zero attached hydrogens (tertiary/aromatic N) is 1. The molecular formula is C21H35N3O2. The molecule has 1 aromatic rings. The number of benzene rings is 1. The molecule has 0 radical (unpaired) electrons. The normalized spacial score (nSPS) is 15.8. The average Bonchev–Trinajstić information content (AvgIpc) is 2.67. The first-order chi connectivity index (χ1) is 12.8. The lowest BCUT2D eigenvalue weighted by molar-refractivity contribution is 0.0205. The minimum absolute atomic E-state index is 0.674. The Bertz CT molecular complexity index is 510. The number of hydrogen-bond donors (Lipinski definition) is 2. The SMILES string of the molecule is CCNC(=NCCCOCC1CCOCC1)NCCc1ccc(C)cc1. The molecule has 0 atom stereocenters. The standard InChI is InChI=1S/C21H35N3O2/c1-3-22-21(24-13-9-19-7-5-18(2)6-8-19)23-12-4-14-26-17-20-10-15-25-16-11-20/h5-8,20H,3-4,9-17H2,1-2H3,(H2,22,23,24). The van der Waals surface area contributed by atoms with E-state index in [2.05, 4.69) is 53.7 Å². The van der Waals surface area contributed by atoms with Gasteiger partial charge in [0.25, 0.3) is 0 Å². The van der Waals surface area contributed by atoms with Crippen LogP contribution in [0.2, 0.25) is 0 Å². The van der Waals surface area contributed by atoms with E-state index >= 15 is 0 Å². The number of aryl methyl sites for hydroxylation is 1. The van der Waals surface area contributed by atoms with Crippen molar-refractivity contribution in [3.63, 3.8) is 0 Å². The van der Waals surface area contributed by atoms with Crippen molar-refractivity contribution in [3.05, 3.63) is 35.4 Å². The summed E-state index contributed by atoms with van der Waals surface area (Å²) in [5, 5.41) is 6.72. The third-order valence-electron chi connectivity index (χ3n) is 4.58. The Kier molecular flexibility index (Phi) is 10.1. The van der Waals surface area contributed by atoms with Crippen molar-refractivity contribution in [2.24, 2.45) is 10.9 Å². The Hall–Kier alpha value is -1.59. The molecule has 146 valence electrons. The predicted octanol–water partition coefficient (Wildman–Crippen LogP) is 2.93. The fraction of sp³-hybridized carbons (Fsp3) is 0.667. The molecule has 1 fully saturated rings. The van der Waals surface area contributed by atoms with Gasteiger partial charge in [0, 0.05) is 46.1 Å². The Balaban J connectivity index is 1.58. The van der Waals surface area contributed by atoms with Gasteiger partial charge in [0.05, 0.1) is 0 Å². The van der Waals surface area contributed by atoms with Crippen LogP contribution < -0.4 is 10.6 Å². The van der Waals surface area contributed by atoms with E-state index in [9.17, 15) is 0 Å². The highest BCUT2D eigenvalue weighted by Crippen LogP contribution is 2.14. The van der Waals surface area contributed by atoms with Crippen molar-refractivity contribution >= 4 is 5.96 Å². The minimum atomic E-state index is 0.674. The zero-order chi connectivity index (χ0) is 18.5. The molecule has 1 aliphatic heterocycles. The van der Waals surface area contributed by atoms with Crippen molar-refractivity contribution < 1.29 is 9.47 Å². The molecule has 2 rings (SSSR count). The molecule has 0 saturated carbocycles. The lowest BCUT2D eigenvalue weighted by Crippen LogP contribution is -2.38. The summed E-state index contributed by atoms with van der Waals surface area (Å²) < 4.78 is 11.2. The van der Waals surface area contributed by atoms with Gasteiger partial charge in [-0.2, -0.15) is 0 Å². The van der Waals surface area contributed by atoms with Crippen LogP contribution in [0.3, 0.4) is 0 Å². The molecule has 0 unspecified atom stereocenters. The highest BCUT2D eigenvalue weighted by Gasteiger charge is 2.13. The molecule has 0 spiro atoms. The van der Waals surface area contributed by atoms with Crippen molar-refractivity contribution in [1.29, 1.82) is 0 Å². The van der Waals surface area contributed by atoms with Crippen molar-refractivity contribution in [1.82, 2.24) is 10.6 Å². The van der Waals surface area contributed by atoms with Crippen LogP contribution in [0, 0.1) is 12.8 Å². The van der Waals surface area contributed by atoms with E-state index in [1.807, 2.05) is 0 Å². The number of rotatable bonds is 10. The van der Waals surface area contributed by atoms with Gasteiger partial charge in [-0.05, 0) is 51.0 Å². The van der Waals surface area contributed by atoms with Crippen molar-refractivity contribution in [2.75, 3.05) is 46.1 Å². The van der Waals surface area contributed by atoms with E-state index in [1.165, 1.54) is 11.1 Å². The van der Waals surface area contributed by atoms with E-state index in [0.717, 1.165) is 77.7 Å². The van der Waals surface area contributed by atoms with Gasteiger partial charge >= 0.3 is 0 Å². The summed E-state index contributed by atoms with van der Waals surface area (Å²) in [6, 6.07) is 8.71. The molecule has 2 N–H and O–H groups in total. The van der Waals surface area contributed by atoms with Gasteiger partial charge in [-0.3, -0.25) is 4.99 Å². The summed E-state index contributed by atoms with van der Waals surface area (Å²) in [7, 11) is 0. The molecule has 1 aromatic carbocycles. The first-order valence-corrected chi connectivity index (χ1v) is 10.0. The number of hydrogen-bond acceptors (Lipinski definition) is 3. The van der Waals surface area contributed by atoms with Crippen LogP contribution in [0.1, 0.15) is 37.3 Å². The number of guanidine groups is 1. The zero-order valence-corrected chi connectivity index (χ0v) is 16.4.